The number of likely N-dealkylation sites (N-methyl/N-ethyl adjacent to an activating group) is 1. The Bertz CT molecular complexity index is 285. The van der Waals surface area contributed by atoms with Crippen molar-refractivity contribution in [2.45, 2.75) is 52.6 Å². The van der Waals surface area contributed by atoms with Crippen LogP contribution in [0.5, 0.6) is 0 Å². The van der Waals surface area contributed by atoms with Crippen LogP contribution in [0.2, 0.25) is 0 Å². The highest BCUT2D eigenvalue weighted by Gasteiger charge is 2.26. The quantitative estimate of drug-likeness (QED) is 0.827. The Hall–Kier alpha value is -0.610. The van der Waals surface area contributed by atoms with Crippen molar-refractivity contribution in [3.63, 3.8) is 0 Å². The van der Waals surface area contributed by atoms with Gasteiger partial charge in [0.15, 0.2) is 0 Å². The zero-order valence-electron chi connectivity index (χ0n) is 12.6. The lowest BCUT2D eigenvalue weighted by atomic mass is 9.87. The molecule has 0 aromatic carbocycles. The summed E-state index contributed by atoms with van der Waals surface area (Å²) in [7, 11) is 2.11. The molecular formula is C14H29N3O. The van der Waals surface area contributed by atoms with Gasteiger partial charge >= 0.3 is 0 Å². The van der Waals surface area contributed by atoms with Gasteiger partial charge in [0.25, 0.3) is 0 Å². The van der Waals surface area contributed by atoms with Gasteiger partial charge in [-0.05, 0) is 25.8 Å². The van der Waals surface area contributed by atoms with Crippen LogP contribution in [0.1, 0.15) is 40.5 Å². The normalized spacial score (nSPS) is 24.1. The first-order valence-corrected chi connectivity index (χ1v) is 6.92. The van der Waals surface area contributed by atoms with E-state index in [-0.39, 0.29) is 17.4 Å². The molecule has 2 unspecified atom stereocenters. The minimum absolute atomic E-state index is 0.0209. The van der Waals surface area contributed by atoms with E-state index in [9.17, 15) is 4.79 Å². The summed E-state index contributed by atoms with van der Waals surface area (Å²) in [4.78, 5) is 16.4. The maximum absolute atomic E-state index is 12.2. The Morgan fingerprint density at radius 2 is 2.00 bits per heavy atom. The van der Waals surface area contributed by atoms with Crippen LogP contribution >= 0.6 is 0 Å². The summed E-state index contributed by atoms with van der Waals surface area (Å²) in [6.45, 7) is 11.3. The van der Waals surface area contributed by atoms with E-state index in [2.05, 4.69) is 39.6 Å². The number of carbonyl (C=O) groups excluding carboxylic acids is 1. The zero-order chi connectivity index (χ0) is 13.9. The van der Waals surface area contributed by atoms with Crippen molar-refractivity contribution in [2.24, 2.45) is 11.1 Å². The fourth-order valence-corrected chi connectivity index (χ4v) is 2.49. The Morgan fingerprint density at radius 1 is 1.39 bits per heavy atom. The molecule has 0 spiro atoms. The van der Waals surface area contributed by atoms with E-state index in [0.717, 1.165) is 26.1 Å². The Kier molecular flexibility index (Phi) is 5.17. The van der Waals surface area contributed by atoms with Crippen molar-refractivity contribution in [2.75, 3.05) is 26.7 Å². The van der Waals surface area contributed by atoms with Gasteiger partial charge in [-0.2, -0.15) is 0 Å². The maximum Gasteiger partial charge on any atom is 0.224 e. The summed E-state index contributed by atoms with van der Waals surface area (Å²) in [5.41, 5.74) is 6.26. The third-order valence-corrected chi connectivity index (χ3v) is 3.62. The van der Waals surface area contributed by atoms with Crippen molar-refractivity contribution in [1.29, 1.82) is 0 Å². The number of hydrogen-bond donors (Lipinski definition) is 1. The largest absolute Gasteiger partial charge is 0.340 e. The lowest BCUT2D eigenvalue weighted by Gasteiger charge is -2.38. The second-order valence-corrected chi connectivity index (χ2v) is 6.90. The Morgan fingerprint density at radius 3 is 2.50 bits per heavy atom. The Balaban J connectivity index is 2.41. The first-order valence-electron chi connectivity index (χ1n) is 6.92. The third-order valence-electron chi connectivity index (χ3n) is 3.62. The smallest absolute Gasteiger partial charge is 0.224 e. The van der Waals surface area contributed by atoms with E-state index < -0.39 is 0 Å². The van der Waals surface area contributed by atoms with Crippen molar-refractivity contribution in [1.82, 2.24) is 9.80 Å². The summed E-state index contributed by atoms with van der Waals surface area (Å²) >= 11 is 0. The molecule has 1 heterocycles. The molecule has 0 radical (unpaired) electrons. The molecule has 1 aliphatic rings. The summed E-state index contributed by atoms with van der Waals surface area (Å²) in [5.74, 6) is 0.215. The molecule has 18 heavy (non-hydrogen) atoms. The number of piperazine rings is 1. The summed E-state index contributed by atoms with van der Waals surface area (Å²) in [6.07, 6.45) is 1.37. The average molecular weight is 255 g/mol. The molecule has 0 saturated carbocycles. The van der Waals surface area contributed by atoms with E-state index >= 15 is 0 Å². The van der Waals surface area contributed by atoms with Gasteiger partial charge in [0, 0.05) is 38.1 Å². The van der Waals surface area contributed by atoms with Crippen molar-refractivity contribution in [3.05, 3.63) is 0 Å². The molecule has 4 heteroatoms. The first-order chi connectivity index (χ1) is 8.19. The van der Waals surface area contributed by atoms with E-state index in [4.69, 9.17) is 5.73 Å². The van der Waals surface area contributed by atoms with Gasteiger partial charge in [-0.1, -0.05) is 20.8 Å². The van der Waals surface area contributed by atoms with Crippen LogP contribution in [0.15, 0.2) is 0 Å². The van der Waals surface area contributed by atoms with Crippen LogP contribution in [0.25, 0.3) is 0 Å². The Labute approximate surface area is 111 Å². The number of amides is 1. The van der Waals surface area contributed by atoms with Gasteiger partial charge in [-0.15, -0.1) is 0 Å². The molecule has 106 valence electrons. The number of nitrogens with zero attached hydrogens (tertiary/aromatic N) is 2. The van der Waals surface area contributed by atoms with Crippen molar-refractivity contribution < 1.29 is 4.79 Å². The topological polar surface area (TPSA) is 49.6 Å². The predicted molar refractivity (Wildman–Crippen MR) is 75.3 cm³/mol. The van der Waals surface area contributed by atoms with Crippen molar-refractivity contribution >= 4 is 5.91 Å². The minimum atomic E-state index is -0.0209. The number of nitrogens with two attached hydrogens (primary N) is 1. The van der Waals surface area contributed by atoms with E-state index in [1.807, 2.05) is 4.90 Å². The second kappa shape index (κ2) is 6.02. The van der Waals surface area contributed by atoms with Crippen LogP contribution in [-0.4, -0.2) is 54.5 Å². The van der Waals surface area contributed by atoms with Crippen LogP contribution in [0.4, 0.5) is 0 Å². The highest BCUT2D eigenvalue weighted by atomic mass is 16.2. The van der Waals surface area contributed by atoms with Crippen LogP contribution in [0.3, 0.4) is 0 Å². The fraction of sp³-hybridized carbons (Fsp3) is 0.929. The number of hydrogen-bond acceptors (Lipinski definition) is 3. The lowest BCUT2D eigenvalue weighted by molar-refractivity contribution is -0.134. The monoisotopic (exact) mass is 255 g/mol. The van der Waals surface area contributed by atoms with Crippen molar-refractivity contribution in [3.8, 4) is 0 Å². The molecule has 0 aromatic rings. The predicted octanol–water partition coefficient (Wildman–Crippen LogP) is 1.30. The molecule has 1 saturated heterocycles. The molecule has 2 N–H and O–H groups in total. The first kappa shape index (κ1) is 15.4. The van der Waals surface area contributed by atoms with Gasteiger partial charge in [0.2, 0.25) is 5.91 Å². The van der Waals surface area contributed by atoms with Gasteiger partial charge < -0.3 is 15.5 Å². The molecular weight excluding hydrogens is 226 g/mol. The molecule has 0 aromatic heterocycles. The lowest BCUT2D eigenvalue weighted by Crippen LogP contribution is -2.52. The van der Waals surface area contributed by atoms with Gasteiger partial charge in [-0.25, -0.2) is 0 Å². The SMILES string of the molecule is CC1CN(C(=O)CC(N)CC(C)(C)C)CCN1C. The van der Waals surface area contributed by atoms with Crippen LogP contribution < -0.4 is 5.73 Å². The third kappa shape index (κ3) is 4.94. The van der Waals surface area contributed by atoms with Gasteiger partial charge in [0.05, 0.1) is 0 Å². The second-order valence-electron chi connectivity index (χ2n) is 6.90. The maximum atomic E-state index is 12.2. The number of rotatable bonds is 3. The van der Waals surface area contributed by atoms with Gasteiger partial charge in [0.1, 0.15) is 0 Å². The molecule has 1 rings (SSSR count). The highest BCUT2D eigenvalue weighted by molar-refractivity contribution is 5.77. The van der Waals surface area contributed by atoms with Gasteiger partial charge in [-0.3, -0.25) is 4.79 Å². The van der Waals surface area contributed by atoms with E-state index in [1.165, 1.54) is 0 Å². The molecule has 2 atom stereocenters. The summed E-state index contributed by atoms with van der Waals surface area (Å²) in [5, 5.41) is 0. The van der Waals surface area contributed by atoms with E-state index in [1.54, 1.807) is 0 Å². The fourth-order valence-electron chi connectivity index (χ4n) is 2.49. The molecule has 1 amide bonds. The molecule has 1 aliphatic heterocycles. The minimum Gasteiger partial charge on any atom is -0.340 e. The standard InChI is InChI=1S/C14H29N3O/c1-11-10-17(7-6-16(11)5)13(18)8-12(15)9-14(2,3)4/h11-12H,6-10,15H2,1-5H3. The highest BCUT2D eigenvalue weighted by Crippen LogP contribution is 2.21. The summed E-state index contributed by atoms with van der Waals surface area (Å²) < 4.78 is 0. The average Bonchev–Trinajstić information content (AvgIpc) is 2.18. The molecule has 4 nitrogen and oxygen atoms in total. The molecule has 0 bridgehead atoms. The van der Waals surface area contributed by atoms with Crippen LogP contribution in [0, 0.1) is 5.41 Å². The zero-order valence-corrected chi connectivity index (χ0v) is 12.6. The summed E-state index contributed by atoms with van der Waals surface area (Å²) in [6, 6.07) is 0.425. The molecule has 1 fully saturated rings. The number of carbonyl (C=O) groups is 1. The van der Waals surface area contributed by atoms with E-state index in [0.29, 0.717) is 12.5 Å². The van der Waals surface area contributed by atoms with Crippen LogP contribution in [-0.2, 0) is 4.79 Å². The molecule has 0 aliphatic carbocycles.